The Bertz CT molecular complexity index is 265. The number of hydrogen-bond donors (Lipinski definition) is 0. The first-order valence-electron chi connectivity index (χ1n) is 10.3. The van der Waals surface area contributed by atoms with E-state index in [1.165, 1.54) is 64.2 Å². The minimum Gasteiger partial charge on any atom is -0.0602 e. The SMILES string of the molecule is CC(C)(C)CCCCCCCCCCC(C(C)(C)C)C(C)(C)C. The summed E-state index contributed by atoms with van der Waals surface area (Å²) in [7, 11) is 0. The summed E-state index contributed by atoms with van der Waals surface area (Å²) in [6, 6.07) is 0. The average Bonchev–Trinajstić information content (AvgIpc) is 2.31. The first kappa shape index (κ1) is 23.0. The molecular formula is C23H48. The molecule has 0 heterocycles. The summed E-state index contributed by atoms with van der Waals surface area (Å²) in [5.41, 5.74) is 1.40. The molecule has 0 aliphatic carbocycles. The molecule has 23 heavy (non-hydrogen) atoms. The van der Waals surface area contributed by atoms with Crippen molar-refractivity contribution < 1.29 is 0 Å². The van der Waals surface area contributed by atoms with Crippen molar-refractivity contribution in [2.24, 2.45) is 22.2 Å². The van der Waals surface area contributed by atoms with Gasteiger partial charge in [0.1, 0.15) is 0 Å². The maximum absolute atomic E-state index is 2.42. The van der Waals surface area contributed by atoms with Gasteiger partial charge in [0, 0.05) is 0 Å². The van der Waals surface area contributed by atoms with E-state index in [0.717, 1.165) is 5.92 Å². The number of unbranched alkanes of at least 4 members (excludes halogenated alkanes) is 7. The zero-order chi connectivity index (χ0) is 18.1. The lowest BCUT2D eigenvalue weighted by molar-refractivity contribution is 0.0898. The van der Waals surface area contributed by atoms with Gasteiger partial charge < -0.3 is 0 Å². The van der Waals surface area contributed by atoms with Crippen molar-refractivity contribution in [3.05, 3.63) is 0 Å². The first-order valence-corrected chi connectivity index (χ1v) is 10.3. The Labute approximate surface area is 149 Å². The average molecular weight is 325 g/mol. The predicted molar refractivity (Wildman–Crippen MR) is 108 cm³/mol. The van der Waals surface area contributed by atoms with E-state index in [2.05, 4.69) is 62.3 Å². The van der Waals surface area contributed by atoms with Crippen LogP contribution in [0.25, 0.3) is 0 Å². The molecule has 0 aromatic carbocycles. The van der Waals surface area contributed by atoms with Crippen molar-refractivity contribution in [2.45, 2.75) is 127 Å². The summed E-state index contributed by atoms with van der Waals surface area (Å²) < 4.78 is 0. The molecule has 0 heteroatoms. The zero-order valence-corrected chi connectivity index (χ0v) is 18.1. The third kappa shape index (κ3) is 13.0. The van der Waals surface area contributed by atoms with Gasteiger partial charge in [-0.25, -0.2) is 0 Å². The maximum atomic E-state index is 2.42. The van der Waals surface area contributed by atoms with Crippen molar-refractivity contribution in [1.29, 1.82) is 0 Å². The van der Waals surface area contributed by atoms with Crippen molar-refractivity contribution in [1.82, 2.24) is 0 Å². The summed E-state index contributed by atoms with van der Waals surface area (Å²) in [4.78, 5) is 0. The molecule has 0 saturated heterocycles. The highest BCUT2D eigenvalue weighted by molar-refractivity contribution is 4.83. The molecule has 140 valence electrons. The van der Waals surface area contributed by atoms with Crippen LogP contribution in [0.1, 0.15) is 127 Å². The topological polar surface area (TPSA) is 0 Å². The van der Waals surface area contributed by atoms with Gasteiger partial charge in [-0.3, -0.25) is 0 Å². The molecular weight excluding hydrogens is 276 g/mol. The Morgan fingerprint density at radius 2 is 0.826 bits per heavy atom. The Morgan fingerprint density at radius 3 is 1.17 bits per heavy atom. The van der Waals surface area contributed by atoms with Crippen molar-refractivity contribution >= 4 is 0 Å². The van der Waals surface area contributed by atoms with Crippen LogP contribution in [0.15, 0.2) is 0 Å². The van der Waals surface area contributed by atoms with Crippen LogP contribution in [-0.4, -0.2) is 0 Å². The molecule has 0 N–H and O–H groups in total. The zero-order valence-electron chi connectivity index (χ0n) is 18.1. The van der Waals surface area contributed by atoms with Crippen LogP contribution >= 0.6 is 0 Å². The molecule has 0 aromatic rings. The van der Waals surface area contributed by atoms with Crippen LogP contribution in [0.5, 0.6) is 0 Å². The second kappa shape index (κ2) is 10.1. The molecule has 0 aromatic heterocycles. The molecule has 0 radical (unpaired) electrons. The van der Waals surface area contributed by atoms with Crippen molar-refractivity contribution in [3.63, 3.8) is 0 Å². The molecule has 0 rings (SSSR count). The lowest BCUT2D eigenvalue weighted by Gasteiger charge is -2.41. The predicted octanol–water partition coefficient (Wildman–Crippen LogP) is 8.64. The van der Waals surface area contributed by atoms with Gasteiger partial charge >= 0.3 is 0 Å². The molecule has 0 atom stereocenters. The van der Waals surface area contributed by atoms with Crippen LogP contribution in [0.3, 0.4) is 0 Å². The Hall–Kier alpha value is 0. The summed E-state index contributed by atoms with van der Waals surface area (Å²) in [5.74, 6) is 0.826. The van der Waals surface area contributed by atoms with E-state index in [1.807, 2.05) is 0 Å². The van der Waals surface area contributed by atoms with Crippen LogP contribution in [0, 0.1) is 22.2 Å². The Balaban J connectivity index is 3.65. The molecule has 0 fully saturated rings. The highest BCUT2D eigenvalue weighted by atomic mass is 14.4. The molecule has 0 aliphatic rings. The van der Waals surface area contributed by atoms with Gasteiger partial charge in [-0.15, -0.1) is 0 Å². The van der Waals surface area contributed by atoms with Gasteiger partial charge in [0.15, 0.2) is 0 Å². The summed E-state index contributed by atoms with van der Waals surface area (Å²) in [6.07, 6.45) is 14.3. The largest absolute Gasteiger partial charge is 0.0602 e. The highest BCUT2D eigenvalue weighted by Gasteiger charge is 2.33. The molecule has 0 bridgehead atoms. The Morgan fingerprint density at radius 1 is 0.478 bits per heavy atom. The lowest BCUT2D eigenvalue weighted by atomic mass is 9.65. The van der Waals surface area contributed by atoms with Gasteiger partial charge in [0.05, 0.1) is 0 Å². The molecule has 0 unspecified atom stereocenters. The second-order valence-corrected chi connectivity index (χ2v) is 11.2. The molecule has 0 nitrogen and oxygen atoms in total. The van der Waals surface area contributed by atoms with E-state index < -0.39 is 0 Å². The number of hydrogen-bond acceptors (Lipinski definition) is 0. The van der Waals surface area contributed by atoms with Crippen LogP contribution in [-0.2, 0) is 0 Å². The lowest BCUT2D eigenvalue weighted by Crippen LogP contribution is -2.32. The van der Waals surface area contributed by atoms with Crippen molar-refractivity contribution in [3.8, 4) is 0 Å². The normalized spacial score (nSPS) is 13.8. The van der Waals surface area contributed by atoms with Crippen LogP contribution < -0.4 is 0 Å². The highest BCUT2D eigenvalue weighted by Crippen LogP contribution is 2.43. The van der Waals surface area contributed by atoms with Gasteiger partial charge in [0.25, 0.3) is 0 Å². The van der Waals surface area contributed by atoms with E-state index in [-0.39, 0.29) is 0 Å². The van der Waals surface area contributed by atoms with E-state index in [0.29, 0.717) is 16.2 Å². The molecule has 0 aliphatic heterocycles. The summed E-state index contributed by atoms with van der Waals surface area (Å²) in [6.45, 7) is 21.6. The standard InChI is InChI=1S/C23H48/c1-21(2,3)19-17-15-13-11-10-12-14-16-18-20(22(4,5)6)23(7,8)9/h20H,10-19H2,1-9H3. The van der Waals surface area contributed by atoms with Gasteiger partial charge in [-0.05, 0) is 35.0 Å². The van der Waals surface area contributed by atoms with Crippen molar-refractivity contribution in [2.75, 3.05) is 0 Å². The van der Waals surface area contributed by atoms with E-state index in [4.69, 9.17) is 0 Å². The summed E-state index contributed by atoms with van der Waals surface area (Å²) in [5, 5.41) is 0. The molecule has 0 saturated carbocycles. The fourth-order valence-electron chi connectivity index (χ4n) is 4.23. The Kier molecular flexibility index (Phi) is 10.1. The number of rotatable bonds is 10. The molecule has 0 spiro atoms. The monoisotopic (exact) mass is 324 g/mol. The molecule has 0 amide bonds. The van der Waals surface area contributed by atoms with E-state index >= 15 is 0 Å². The third-order valence-electron chi connectivity index (χ3n) is 5.26. The first-order chi connectivity index (χ1) is 10.3. The minimum absolute atomic E-state index is 0.436. The van der Waals surface area contributed by atoms with E-state index in [9.17, 15) is 0 Å². The van der Waals surface area contributed by atoms with E-state index in [1.54, 1.807) is 0 Å². The third-order valence-corrected chi connectivity index (χ3v) is 5.26. The smallest absolute Gasteiger partial charge is 0.0317 e. The van der Waals surface area contributed by atoms with Crippen LogP contribution in [0.4, 0.5) is 0 Å². The second-order valence-electron chi connectivity index (χ2n) is 11.2. The van der Waals surface area contributed by atoms with Gasteiger partial charge in [0.2, 0.25) is 0 Å². The maximum Gasteiger partial charge on any atom is -0.0317 e. The quantitative estimate of drug-likeness (QED) is 0.353. The van der Waals surface area contributed by atoms with Crippen LogP contribution in [0.2, 0.25) is 0 Å². The minimum atomic E-state index is 0.436. The van der Waals surface area contributed by atoms with Gasteiger partial charge in [-0.1, -0.05) is 114 Å². The fraction of sp³-hybridized carbons (Fsp3) is 1.00. The van der Waals surface area contributed by atoms with Gasteiger partial charge in [-0.2, -0.15) is 0 Å². The fourth-order valence-corrected chi connectivity index (χ4v) is 4.23. The summed E-state index contributed by atoms with van der Waals surface area (Å²) >= 11 is 0.